The topological polar surface area (TPSA) is 33.1 Å². The molecule has 0 spiro atoms. The summed E-state index contributed by atoms with van der Waals surface area (Å²) >= 11 is 3.68. The fourth-order valence-electron chi connectivity index (χ4n) is 3.11. The van der Waals surface area contributed by atoms with Crippen molar-refractivity contribution in [1.29, 1.82) is 0 Å². The van der Waals surface area contributed by atoms with Crippen LogP contribution in [-0.2, 0) is 13.6 Å². The molecule has 1 aromatic rings. The van der Waals surface area contributed by atoms with Crippen molar-refractivity contribution in [2.24, 2.45) is 7.05 Å². The number of rotatable bonds is 4. The molecule has 0 unspecified atom stereocenters. The van der Waals surface area contributed by atoms with Gasteiger partial charge in [0.15, 0.2) is 0 Å². The lowest BCUT2D eigenvalue weighted by molar-refractivity contribution is 0.0425. The first-order valence-corrected chi connectivity index (χ1v) is 7.97. The molecular weight excluding hydrogens is 304 g/mol. The molecular formula is C14H25BrN4. The first-order chi connectivity index (χ1) is 9.04. The van der Waals surface area contributed by atoms with Crippen LogP contribution in [0.4, 0.5) is 0 Å². The molecule has 2 rings (SSSR count). The van der Waals surface area contributed by atoms with E-state index in [1.165, 1.54) is 18.5 Å². The first-order valence-electron chi connectivity index (χ1n) is 7.18. The lowest BCUT2D eigenvalue weighted by Gasteiger charge is -2.47. The van der Waals surface area contributed by atoms with E-state index in [1.54, 1.807) is 0 Å². The van der Waals surface area contributed by atoms with Gasteiger partial charge in [-0.15, -0.1) is 0 Å². The van der Waals surface area contributed by atoms with E-state index in [0.29, 0.717) is 0 Å². The summed E-state index contributed by atoms with van der Waals surface area (Å²) in [6.07, 6.45) is 2.37. The highest BCUT2D eigenvalue weighted by atomic mass is 79.9. The number of nitrogens with zero attached hydrogens (tertiary/aromatic N) is 3. The van der Waals surface area contributed by atoms with Crippen LogP contribution in [-0.4, -0.2) is 39.9 Å². The van der Waals surface area contributed by atoms with Crippen molar-refractivity contribution < 1.29 is 0 Å². The van der Waals surface area contributed by atoms with Crippen molar-refractivity contribution in [3.8, 4) is 0 Å². The van der Waals surface area contributed by atoms with E-state index >= 15 is 0 Å². The number of aryl methyl sites for hydroxylation is 2. The third-order valence-corrected chi connectivity index (χ3v) is 5.63. The van der Waals surface area contributed by atoms with Crippen LogP contribution in [0.2, 0.25) is 0 Å². The molecule has 0 atom stereocenters. The Labute approximate surface area is 124 Å². The predicted octanol–water partition coefficient (Wildman–Crippen LogP) is 2.46. The Morgan fingerprint density at radius 1 is 1.37 bits per heavy atom. The third kappa shape index (κ3) is 2.73. The molecule has 108 valence electrons. The fourth-order valence-corrected chi connectivity index (χ4v) is 3.57. The highest BCUT2D eigenvalue weighted by Crippen LogP contribution is 2.29. The smallest absolute Gasteiger partial charge is 0.0739 e. The molecule has 1 aliphatic rings. The van der Waals surface area contributed by atoms with Gasteiger partial charge in [-0.25, -0.2) is 0 Å². The monoisotopic (exact) mass is 328 g/mol. The molecule has 19 heavy (non-hydrogen) atoms. The summed E-state index contributed by atoms with van der Waals surface area (Å²) in [7, 11) is 2.04. The second-order valence-electron chi connectivity index (χ2n) is 5.50. The maximum absolute atomic E-state index is 4.50. The van der Waals surface area contributed by atoms with Gasteiger partial charge in [-0.1, -0.05) is 13.8 Å². The number of aromatic nitrogens is 2. The minimum absolute atomic E-state index is 0.288. The average Bonchev–Trinajstić information content (AvgIpc) is 2.66. The Kier molecular flexibility index (Phi) is 4.69. The summed E-state index contributed by atoms with van der Waals surface area (Å²) in [6.45, 7) is 10.9. The van der Waals surface area contributed by atoms with Gasteiger partial charge < -0.3 is 5.32 Å². The molecule has 1 saturated heterocycles. The number of piperazine rings is 1. The second-order valence-corrected chi connectivity index (χ2v) is 6.29. The maximum atomic E-state index is 4.50. The van der Waals surface area contributed by atoms with E-state index in [0.717, 1.165) is 36.3 Å². The van der Waals surface area contributed by atoms with Crippen LogP contribution in [0.5, 0.6) is 0 Å². The SMILES string of the molecule is CCC1(CC)CNCCN1Cc1c(Br)c(C)nn1C. The summed E-state index contributed by atoms with van der Waals surface area (Å²) < 4.78 is 3.17. The van der Waals surface area contributed by atoms with Gasteiger partial charge in [-0.05, 0) is 35.7 Å². The molecule has 0 radical (unpaired) electrons. The summed E-state index contributed by atoms with van der Waals surface area (Å²) in [6, 6.07) is 0. The van der Waals surface area contributed by atoms with E-state index in [1.807, 2.05) is 11.7 Å². The number of hydrogen-bond donors (Lipinski definition) is 1. The molecule has 2 heterocycles. The summed E-state index contributed by atoms with van der Waals surface area (Å²) in [4.78, 5) is 2.63. The van der Waals surface area contributed by atoms with Crippen LogP contribution in [0.25, 0.3) is 0 Å². The predicted molar refractivity (Wildman–Crippen MR) is 82.2 cm³/mol. The third-order valence-electron chi connectivity index (χ3n) is 4.60. The van der Waals surface area contributed by atoms with Crippen molar-refractivity contribution in [3.63, 3.8) is 0 Å². The zero-order valence-corrected chi connectivity index (χ0v) is 14.0. The van der Waals surface area contributed by atoms with Gasteiger partial charge >= 0.3 is 0 Å². The van der Waals surface area contributed by atoms with Gasteiger partial charge in [0, 0.05) is 38.8 Å². The minimum Gasteiger partial charge on any atom is -0.314 e. The molecule has 0 amide bonds. The summed E-state index contributed by atoms with van der Waals surface area (Å²) in [5.74, 6) is 0. The maximum Gasteiger partial charge on any atom is 0.0739 e. The zero-order valence-electron chi connectivity index (χ0n) is 12.5. The van der Waals surface area contributed by atoms with Gasteiger partial charge in [-0.2, -0.15) is 5.10 Å². The van der Waals surface area contributed by atoms with Crippen LogP contribution in [0.3, 0.4) is 0 Å². The Bertz CT molecular complexity index is 437. The highest BCUT2D eigenvalue weighted by molar-refractivity contribution is 9.10. The highest BCUT2D eigenvalue weighted by Gasteiger charge is 2.36. The minimum atomic E-state index is 0.288. The lowest BCUT2D eigenvalue weighted by atomic mass is 9.88. The number of nitrogens with one attached hydrogen (secondary N) is 1. The quantitative estimate of drug-likeness (QED) is 0.921. The Morgan fingerprint density at radius 2 is 2.05 bits per heavy atom. The standard InChI is InChI=1S/C14H25BrN4/c1-5-14(6-2)10-16-7-8-19(14)9-12-13(15)11(3)17-18(12)4/h16H,5-10H2,1-4H3. The molecule has 4 nitrogen and oxygen atoms in total. The van der Waals surface area contributed by atoms with Crippen LogP contribution >= 0.6 is 15.9 Å². The Hall–Kier alpha value is -0.390. The van der Waals surface area contributed by atoms with Crippen LogP contribution in [0, 0.1) is 6.92 Å². The summed E-state index contributed by atoms with van der Waals surface area (Å²) in [5, 5.41) is 8.05. The number of hydrogen-bond acceptors (Lipinski definition) is 3. The molecule has 5 heteroatoms. The van der Waals surface area contributed by atoms with E-state index in [2.05, 4.69) is 52.0 Å². The largest absolute Gasteiger partial charge is 0.314 e. The molecule has 1 aromatic heterocycles. The van der Waals surface area contributed by atoms with Crippen LogP contribution in [0.1, 0.15) is 38.1 Å². The zero-order chi connectivity index (χ0) is 14.0. The first kappa shape index (κ1) is 15.0. The fraction of sp³-hybridized carbons (Fsp3) is 0.786. The summed E-state index contributed by atoms with van der Waals surface area (Å²) in [5.41, 5.74) is 2.65. The Balaban J connectivity index is 2.24. The molecule has 0 aromatic carbocycles. The van der Waals surface area contributed by atoms with Crippen molar-refractivity contribution in [2.45, 2.75) is 45.7 Å². The van der Waals surface area contributed by atoms with Gasteiger partial charge in [0.05, 0.1) is 15.9 Å². The van der Waals surface area contributed by atoms with Gasteiger partial charge in [0.2, 0.25) is 0 Å². The van der Waals surface area contributed by atoms with E-state index in [-0.39, 0.29) is 5.54 Å². The van der Waals surface area contributed by atoms with Crippen molar-refractivity contribution in [1.82, 2.24) is 20.0 Å². The van der Waals surface area contributed by atoms with Crippen molar-refractivity contribution >= 4 is 15.9 Å². The van der Waals surface area contributed by atoms with Crippen molar-refractivity contribution in [3.05, 3.63) is 15.9 Å². The van der Waals surface area contributed by atoms with Gasteiger partial charge in [-0.3, -0.25) is 9.58 Å². The van der Waals surface area contributed by atoms with E-state index in [9.17, 15) is 0 Å². The van der Waals surface area contributed by atoms with Crippen molar-refractivity contribution in [2.75, 3.05) is 19.6 Å². The van der Waals surface area contributed by atoms with Crippen LogP contribution in [0.15, 0.2) is 4.47 Å². The van der Waals surface area contributed by atoms with Gasteiger partial charge in [0.25, 0.3) is 0 Å². The number of halogens is 1. The lowest BCUT2D eigenvalue weighted by Crippen LogP contribution is -2.60. The van der Waals surface area contributed by atoms with E-state index < -0.39 is 0 Å². The van der Waals surface area contributed by atoms with Crippen LogP contribution < -0.4 is 5.32 Å². The molecule has 0 aliphatic carbocycles. The normalized spacial score (nSPS) is 19.8. The molecule has 1 N–H and O–H groups in total. The Morgan fingerprint density at radius 3 is 2.58 bits per heavy atom. The molecule has 1 fully saturated rings. The molecule has 0 saturated carbocycles. The average molecular weight is 329 g/mol. The molecule has 0 bridgehead atoms. The van der Waals surface area contributed by atoms with Gasteiger partial charge in [0.1, 0.15) is 0 Å². The molecule has 1 aliphatic heterocycles. The van der Waals surface area contributed by atoms with E-state index in [4.69, 9.17) is 0 Å². The second kappa shape index (κ2) is 5.94.